The Kier molecular flexibility index (Phi) is 6.71. The van der Waals surface area contributed by atoms with Crippen molar-refractivity contribution in [3.63, 3.8) is 0 Å². The first kappa shape index (κ1) is 19.4. The van der Waals surface area contributed by atoms with Crippen molar-refractivity contribution in [2.45, 2.75) is 13.2 Å². The molecule has 0 amide bonds. The summed E-state index contributed by atoms with van der Waals surface area (Å²) in [5, 5.41) is 5.24. The first-order valence-electron chi connectivity index (χ1n) is 7.86. The normalized spacial score (nSPS) is 10.6. The molecule has 0 aliphatic rings. The van der Waals surface area contributed by atoms with Gasteiger partial charge in [-0.25, -0.2) is 0 Å². The summed E-state index contributed by atoms with van der Waals surface area (Å²) >= 11 is 21.5. The van der Waals surface area contributed by atoms with Crippen LogP contribution in [0, 0.1) is 0 Å². The molecule has 3 aromatic rings. The van der Waals surface area contributed by atoms with Crippen molar-refractivity contribution in [2.75, 3.05) is 5.32 Å². The molecule has 0 bridgehead atoms. The van der Waals surface area contributed by atoms with Crippen LogP contribution in [0.15, 0.2) is 65.1 Å². The number of benzene rings is 3. The van der Waals surface area contributed by atoms with Crippen LogP contribution in [0.1, 0.15) is 11.1 Å². The largest absolute Gasteiger partial charge is 0.489 e. The fraction of sp³-hybridized carbons (Fsp3) is 0.100. The van der Waals surface area contributed by atoms with Gasteiger partial charge < -0.3 is 10.1 Å². The Labute approximate surface area is 176 Å². The minimum Gasteiger partial charge on any atom is -0.489 e. The molecule has 0 radical (unpaired) electrons. The summed E-state index contributed by atoms with van der Waals surface area (Å²) in [4.78, 5) is 0. The zero-order chi connectivity index (χ0) is 18.5. The Balaban J connectivity index is 1.55. The maximum absolute atomic E-state index is 6.16. The van der Waals surface area contributed by atoms with E-state index in [1.54, 1.807) is 12.1 Å². The first-order chi connectivity index (χ1) is 12.5. The van der Waals surface area contributed by atoms with Crippen LogP contribution in [0.2, 0.25) is 15.1 Å². The minimum absolute atomic E-state index is 0.394. The Hall–Kier alpha value is -1.39. The van der Waals surface area contributed by atoms with E-state index in [0.29, 0.717) is 28.2 Å². The zero-order valence-corrected chi connectivity index (χ0v) is 17.5. The van der Waals surface area contributed by atoms with Gasteiger partial charge in [-0.1, -0.05) is 53.0 Å². The summed E-state index contributed by atoms with van der Waals surface area (Å²) in [7, 11) is 0. The average Bonchev–Trinajstić information content (AvgIpc) is 2.63. The Bertz CT molecular complexity index is 900. The lowest BCUT2D eigenvalue weighted by atomic mass is 10.2. The van der Waals surface area contributed by atoms with E-state index < -0.39 is 0 Å². The second-order valence-electron chi connectivity index (χ2n) is 5.65. The van der Waals surface area contributed by atoms with E-state index in [1.807, 2.05) is 48.5 Å². The summed E-state index contributed by atoms with van der Waals surface area (Å²) in [5.74, 6) is 0.784. The van der Waals surface area contributed by atoms with Crippen molar-refractivity contribution in [3.8, 4) is 5.75 Å². The summed E-state index contributed by atoms with van der Waals surface area (Å²) in [5.41, 5.74) is 3.01. The standard InChI is InChI=1S/C20H15BrCl3NO/c21-18-8-5-16(10-20(18)24)25-11-13-1-6-17(7-2-13)26-12-14-3-4-15(22)9-19(14)23/h1-10,25H,11-12H2. The fourth-order valence-electron chi connectivity index (χ4n) is 2.31. The predicted molar refractivity (Wildman–Crippen MR) is 114 cm³/mol. The summed E-state index contributed by atoms with van der Waals surface area (Å²) in [6.07, 6.45) is 0. The van der Waals surface area contributed by atoms with Crippen molar-refractivity contribution in [1.82, 2.24) is 0 Å². The van der Waals surface area contributed by atoms with Crippen LogP contribution < -0.4 is 10.1 Å². The number of halogens is 4. The molecule has 6 heteroatoms. The van der Waals surface area contributed by atoms with Crippen molar-refractivity contribution in [1.29, 1.82) is 0 Å². The van der Waals surface area contributed by atoms with Crippen LogP contribution in [0.3, 0.4) is 0 Å². The van der Waals surface area contributed by atoms with Crippen LogP contribution >= 0.6 is 50.7 Å². The van der Waals surface area contributed by atoms with E-state index in [1.165, 1.54) is 0 Å². The molecule has 0 spiro atoms. The molecule has 0 fully saturated rings. The second-order valence-corrected chi connectivity index (χ2v) is 7.76. The molecule has 0 aliphatic carbocycles. The van der Waals surface area contributed by atoms with Gasteiger partial charge in [-0.3, -0.25) is 0 Å². The molecule has 26 heavy (non-hydrogen) atoms. The van der Waals surface area contributed by atoms with Gasteiger partial charge in [-0.2, -0.15) is 0 Å². The molecule has 0 heterocycles. The van der Waals surface area contributed by atoms with Gasteiger partial charge in [0.05, 0.1) is 5.02 Å². The van der Waals surface area contributed by atoms with Crippen molar-refractivity contribution < 1.29 is 4.74 Å². The van der Waals surface area contributed by atoms with Crippen molar-refractivity contribution in [2.24, 2.45) is 0 Å². The highest BCUT2D eigenvalue weighted by Crippen LogP contribution is 2.26. The van der Waals surface area contributed by atoms with Gasteiger partial charge in [0.2, 0.25) is 0 Å². The van der Waals surface area contributed by atoms with Crippen LogP contribution in [0.4, 0.5) is 5.69 Å². The minimum atomic E-state index is 0.394. The van der Waals surface area contributed by atoms with Crippen LogP contribution in [0.25, 0.3) is 0 Å². The number of nitrogens with one attached hydrogen (secondary N) is 1. The van der Waals surface area contributed by atoms with Gasteiger partial charge in [-0.15, -0.1) is 0 Å². The molecule has 1 N–H and O–H groups in total. The summed E-state index contributed by atoms with van der Waals surface area (Å²) in [6, 6.07) is 19.1. The number of rotatable bonds is 6. The fourth-order valence-corrected chi connectivity index (χ4v) is 3.20. The van der Waals surface area contributed by atoms with Gasteiger partial charge >= 0.3 is 0 Å². The number of hydrogen-bond acceptors (Lipinski definition) is 2. The van der Waals surface area contributed by atoms with Gasteiger partial charge in [-0.05, 0) is 64.0 Å². The van der Waals surface area contributed by atoms with Gasteiger partial charge in [0.15, 0.2) is 0 Å². The van der Waals surface area contributed by atoms with Gasteiger partial charge in [0, 0.05) is 32.3 Å². The molecule has 3 aromatic carbocycles. The maximum atomic E-state index is 6.16. The molecule has 134 valence electrons. The monoisotopic (exact) mass is 469 g/mol. The maximum Gasteiger partial charge on any atom is 0.119 e. The predicted octanol–water partition coefficient (Wildman–Crippen LogP) is 7.60. The lowest BCUT2D eigenvalue weighted by molar-refractivity contribution is 0.306. The molecule has 3 rings (SSSR count). The highest BCUT2D eigenvalue weighted by Gasteiger charge is 2.03. The second kappa shape index (κ2) is 9.01. The molecule has 0 saturated heterocycles. The quantitative estimate of drug-likeness (QED) is 0.400. The van der Waals surface area contributed by atoms with E-state index in [-0.39, 0.29) is 0 Å². The molecule has 2 nitrogen and oxygen atoms in total. The van der Waals surface area contributed by atoms with E-state index in [4.69, 9.17) is 39.5 Å². The Morgan fingerprint density at radius 3 is 2.31 bits per heavy atom. The molecular formula is C20H15BrCl3NO. The smallest absolute Gasteiger partial charge is 0.119 e. The summed E-state index contributed by atoms with van der Waals surface area (Å²) in [6.45, 7) is 1.09. The molecule has 0 saturated carbocycles. The van der Waals surface area contributed by atoms with Gasteiger partial charge in [0.1, 0.15) is 12.4 Å². The lowest BCUT2D eigenvalue weighted by Gasteiger charge is -2.10. The molecule has 0 aliphatic heterocycles. The average molecular weight is 472 g/mol. The highest BCUT2D eigenvalue weighted by molar-refractivity contribution is 9.10. The third-order valence-electron chi connectivity index (χ3n) is 3.75. The SMILES string of the molecule is Clc1ccc(COc2ccc(CNc3ccc(Br)c(Cl)c3)cc2)c(Cl)c1. The first-order valence-corrected chi connectivity index (χ1v) is 9.78. The number of hydrogen-bond donors (Lipinski definition) is 1. The topological polar surface area (TPSA) is 21.3 Å². The zero-order valence-electron chi connectivity index (χ0n) is 13.6. The highest BCUT2D eigenvalue weighted by atomic mass is 79.9. The third kappa shape index (κ3) is 5.31. The van der Waals surface area contributed by atoms with E-state index >= 15 is 0 Å². The number of anilines is 1. The molecule has 0 aromatic heterocycles. The summed E-state index contributed by atoms with van der Waals surface area (Å²) < 4.78 is 6.67. The Morgan fingerprint density at radius 1 is 0.846 bits per heavy atom. The molecular weight excluding hydrogens is 456 g/mol. The molecule has 0 atom stereocenters. The van der Waals surface area contributed by atoms with Gasteiger partial charge in [0.25, 0.3) is 0 Å². The van der Waals surface area contributed by atoms with Crippen LogP contribution in [-0.2, 0) is 13.2 Å². The van der Waals surface area contributed by atoms with Crippen LogP contribution in [0.5, 0.6) is 5.75 Å². The third-order valence-corrected chi connectivity index (χ3v) is 5.57. The van der Waals surface area contributed by atoms with E-state index in [9.17, 15) is 0 Å². The lowest BCUT2D eigenvalue weighted by Crippen LogP contribution is -2.00. The Morgan fingerprint density at radius 2 is 1.62 bits per heavy atom. The van der Waals surface area contributed by atoms with Crippen molar-refractivity contribution >= 4 is 56.4 Å². The van der Waals surface area contributed by atoms with E-state index in [0.717, 1.165) is 27.0 Å². The molecule has 0 unspecified atom stereocenters. The van der Waals surface area contributed by atoms with E-state index in [2.05, 4.69) is 21.2 Å². The number of ether oxygens (including phenoxy) is 1. The van der Waals surface area contributed by atoms with Crippen LogP contribution in [-0.4, -0.2) is 0 Å². The van der Waals surface area contributed by atoms with Crippen molar-refractivity contribution in [3.05, 3.63) is 91.3 Å².